The van der Waals surface area contributed by atoms with Gasteiger partial charge in [-0.25, -0.2) is 4.79 Å². The Morgan fingerprint density at radius 3 is 2.74 bits per heavy atom. The number of aliphatic hydroxyl groups is 3. The van der Waals surface area contributed by atoms with E-state index in [4.69, 9.17) is 14.2 Å². The van der Waals surface area contributed by atoms with Crippen LogP contribution in [0.3, 0.4) is 0 Å². The van der Waals surface area contributed by atoms with Crippen molar-refractivity contribution in [2.45, 2.75) is 24.6 Å². The first kappa shape index (κ1) is 17.2. The molecule has 0 aromatic heterocycles. The van der Waals surface area contributed by atoms with E-state index in [1.807, 2.05) is 0 Å². The van der Waals surface area contributed by atoms with Crippen molar-refractivity contribution in [1.82, 2.24) is 0 Å². The summed E-state index contributed by atoms with van der Waals surface area (Å²) in [5.41, 5.74) is 0.581. The smallest absolute Gasteiger partial charge is 0.333 e. The minimum absolute atomic E-state index is 0.0292. The van der Waals surface area contributed by atoms with Gasteiger partial charge < -0.3 is 34.6 Å². The molecular weight excluding hydrogens is 308 g/mol. The number of ether oxygens (including phenoxy) is 3. The molecular formula is C15H18O8. The standard InChI is InChI=1S/C15H18O8/c1-21-11-6-8(2-4-9(11)16)3-5-12(18)23-15-14(20)13(19)10(17)7-22-15/h2-6,10,13-17,19-20H,7H2,1H3/b5-3+/t10-,13+,14-,15?/m1/s1. The number of methoxy groups -OCH3 is 1. The quantitative estimate of drug-likeness (QED) is 0.427. The van der Waals surface area contributed by atoms with Crippen LogP contribution < -0.4 is 4.74 Å². The number of phenolic OH excluding ortho intramolecular Hbond substituents is 1. The van der Waals surface area contributed by atoms with E-state index in [-0.39, 0.29) is 18.1 Å². The fraction of sp³-hybridized carbons (Fsp3) is 0.400. The van der Waals surface area contributed by atoms with Crippen LogP contribution in [-0.4, -0.2) is 64.7 Å². The van der Waals surface area contributed by atoms with Gasteiger partial charge >= 0.3 is 5.97 Å². The molecule has 0 amide bonds. The molecule has 0 radical (unpaired) electrons. The molecule has 126 valence electrons. The number of carbonyl (C=O) groups is 1. The Hall–Kier alpha value is -2.13. The summed E-state index contributed by atoms with van der Waals surface area (Å²) in [5.74, 6) is -0.577. The average molecular weight is 326 g/mol. The van der Waals surface area contributed by atoms with Crippen LogP contribution in [0.15, 0.2) is 24.3 Å². The summed E-state index contributed by atoms with van der Waals surface area (Å²) in [4.78, 5) is 11.7. The number of phenols is 1. The summed E-state index contributed by atoms with van der Waals surface area (Å²) < 4.78 is 14.8. The number of esters is 1. The number of aromatic hydroxyl groups is 1. The van der Waals surface area contributed by atoms with Crippen molar-refractivity contribution in [2.75, 3.05) is 13.7 Å². The first-order valence-electron chi connectivity index (χ1n) is 6.84. The fourth-order valence-electron chi connectivity index (χ4n) is 2.00. The molecule has 1 aliphatic heterocycles. The predicted octanol–water partition coefficient (Wildman–Crippen LogP) is -0.604. The summed E-state index contributed by atoms with van der Waals surface area (Å²) in [7, 11) is 1.40. The number of hydrogen-bond donors (Lipinski definition) is 4. The van der Waals surface area contributed by atoms with Crippen LogP contribution in [0.25, 0.3) is 6.08 Å². The topological polar surface area (TPSA) is 126 Å². The van der Waals surface area contributed by atoms with Gasteiger partial charge in [-0.05, 0) is 23.8 Å². The van der Waals surface area contributed by atoms with E-state index >= 15 is 0 Å². The third kappa shape index (κ3) is 4.20. The van der Waals surface area contributed by atoms with E-state index < -0.39 is 30.6 Å². The van der Waals surface area contributed by atoms with Crippen molar-refractivity contribution in [3.05, 3.63) is 29.8 Å². The molecule has 2 rings (SSSR count). The van der Waals surface area contributed by atoms with Gasteiger partial charge in [0.25, 0.3) is 0 Å². The van der Waals surface area contributed by atoms with Gasteiger partial charge in [-0.3, -0.25) is 0 Å². The van der Waals surface area contributed by atoms with Gasteiger partial charge in [0, 0.05) is 6.08 Å². The van der Waals surface area contributed by atoms with Crippen molar-refractivity contribution in [1.29, 1.82) is 0 Å². The van der Waals surface area contributed by atoms with Gasteiger partial charge in [-0.1, -0.05) is 6.07 Å². The lowest BCUT2D eigenvalue weighted by atomic mass is 10.1. The van der Waals surface area contributed by atoms with Gasteiger partial charge in [-0.15, -0.1) is 0 Å². The van der Waals surface area contributed by atoms with Crippen LogP contribution in [0.1, 0.15) is 5.56 Å². The van der Waals surface area contributed by atoms with Gasteiger partial charge in [0.2, 0.25) is 6.29 Å². The van der Waals surface area contributed by atoms with Gasteiger partial charge in [-0.2, -0.15) is 0 Å². The molecule has 4 atom stereocenters. The predicted molar refractivity (Wildman–Crippen MR) is 77.5 cm³/mol. The van der Waals surface area contributed by atoms with Crippen LogP contribution in [0.5, 0.6) is 11.5 Å². The van der Waals surface area contributed by atoms with Crippen LogP contribution in [0.4, 0.5) is 0 Å². The second kappa shape index (κ2) is 7.42. The van der Waals surface area contributed by atoms with E-state index in [0.717, 1.165) is 6.08 Å². The number of benzene rings is 1. The lowest BCUT2D eigenvalue weighted by Crippen LogP contribution is -2.54. The molecule has 8 heteroatoms. The molecule has 1 aliphatic rings. The summed E-state index contributed by atoms with van der Waals surface area (Å²) in [5, 5.41) is 37.9. The molecule has 0 saturated carbocycles. The number of aliphatic hydroxyl groups excluding tert-OH is 3. The summed E-state index contributed by atoms with van der Waals surface area (Å²) >= 11 is 0. The summed E-state index contributed by atoms with van der Waals surface area (Å²) in [6.07, 6.45) is -3.07. The van der Waals surface area contributed by atoms with E-state index in [9.17, 15) is 25.2 Å². The van der Waals surface area contributed by atoms with Gasteiger partial charge in [0.15, 0.2) is 11.5 Å². The molecule has 1 aromatic rings. The van der Waals surface area contributed by atoms with E-state index in [2.05, 4.69) is 0 Å². The molecule has 1 fully saturated rings. The van der Waals surface area contributed by atoms with E-state index in [1.54, 1.807) is 6.07 Å². The van der Waals surface area contributed by atoms with Gasteiger partial charge in [0.1, 0.15) is 18.3 Å². The molecule has 0 spiro atoms. The van der Waals surface area contributed by atoms with Crippen LogP contribution in [0.2, 0.25) is 0 Å². The Morgan fingerprint density at radius 2 is 2.04 bits per heavy atom. The second-order valence-corrected chi connectivity index (χ2v) is 4.95. The Balaban J connectivity index is 1.96. The highest BCUT2D eigenvalue weighted by Gasteiger charge is 2.39. The van der Waals surface area contributed by atoms with Gasteiger partial charge in [0.05, 0.1) is 13.7 Å². The average Bonchev–Trinajstić information content (AvgIpc) is 2.54. The lowest BCUT2D eigenvalue weighted by Gasteiger charge is -2.34. The highest BCUT2D eigenvalue weighted by molar-refractivity contribution is 5.87. The van der Waals surface area contributed by atoms with E-state index in [1.165, 1.54) is 25.3 Å². The first-order valence-corrected chi connectivity index (χ1v) is 6.84. The van der Waals surface area contributed by atoms with Crippen molar-refractivity contribution in [2.24, 2.45) is 0 Å². The Kier molecular flexibility index (Phi) is 5.56. The molecule has 23 heavy (non-hydrogen) atoms. The van der Waals surface area contributed by atoms with Crippen LogP contribution in [0, 0.1) is 0 Å². The first-order chi connectivity index (χ1) is 10.9. The lowest BCUT2D eigenvalue weighted by molar-refractivity contribution is -0.260. The zero-order valence-corrected chi connectivity index (χ0v) is 12.3. The summed E-state index contributed by atoms with van der Waals surface area (Å²) in [6.45, 7) is -0.255. The SMILES string of the molecule is COc1cc(/C=C/C(=O)OC2OC[C@@H](O)[C@H](O)[C@H]2O)ccc1O. The third-order valence-electron chi connectivity index (χ3n) is 3.30. The number of rotatable bonds is 4. The number of carbonyl (C=O) groups excluding carboxylic acids is 1. The van der Waals surface area contributed by atoms with E-state index in [0.29, 0.717) is 5.56 Å². The maximum absolute atomic E-state index is 11.7. The summed E-state index contributed by atoms with van der Waals surface area (Å²) in [6, 6.07) is 4.49. The molecule has 1 aromatic carbocycles. The maximum Gasteiger partial charge on any atom is 0.333 e. The molecule has 1 unspecified atom stereocenters. The highest BCUT2D eigenvalue weighted by atomic mass is 16.7. The largest absolute Gasteiger partial charge is 0.504 e. The molecule has 1 saturated heterocycles. The highest BCUT2D eigenvalue weighted by Crippen LogP contribution is 2.26. The molecule has 8 nitrogen and oxygen atoms in total. The van der Waals surface area contributed by atoms with Crippen molar-refractivity contribution in [3.8, 4) is 11.5 Å². The molecule has 0 aliphatic carbocycles. The number of hydrogen-bond acceptors (Lipinski definition) is 8. The maximum atomic E-state index is 11.7. The molecule has 4 N–H and O–H groups in total. The Labute approximate surface area is 132 Å². The van der Waals surface area contributed by atoms with Crippen molar-refractivity contribution >= 4 is 12.0 Å². The minimum atomic E-state index is -1.54. The zero-order valence-electron chi connectivity index (χ0n) is 12.3. The minimum Gasteiger partial charge on any atom is -0.504 e. The van der Waals surface area contributed by atoms with Crippen LogP contribution >= 0.6 is 0 Å². The van der Waals surface area contributed by atoms with Crippen LogP contribution in [-0.2, 0) is 14.3 Å². The zero-order chi connectivity index (χ0) is 17.0. The normalized spacial score (nSPS) is 27.8. The molecule has 0 bridgehead atoms. The van der Waals surface area contributed by atoms with Crippen molar-refractivity contribution < 1.29 is 39.4 Å². The van der Waals surface area contributed by atoms with Crippen molar-refractivity contribution in [3.63, 3.8) is 0 Å². The fourth-order valence-corrected chi connectivity index (χ4v) is 2.00. The molecule has 1 heterocycles. The monoisotopic (exact) mass is 326 g/mol. The Bertz CT molecular complexity index is 585. The third-order valence-corrected chi connectivity index (χ3v) is 3.30. The Morgan fingerprint density at radius 1 is 1.30 bits per heavy atom. The second-order valence-electron chi connectivity index (χ2n) is 4.95.